The summed E-state index contributed by atoms with van der Waals surface area (Å²) in [4.78, 5) is 26.6. The van der Waals surface area contributed by atoms with Crippen LogP contribution in [-0.2, 0) is 11.3 Å². The second kappa shape index (κ2) is 12.0. The van der Waals surface area contributed by atoms with E-state index in [0.29, 0.717) is 44.2 Å². The molecule has 12 heteroatoms. The number of thiazole rings is 1. The molecule has 5 rings (SSSR count). The Bertz CT molecular complexity index is 1190. The molecule has 37 heavy (non-hydrogen) atoms. The molecule has 3 aromatic rings. The molecule has 11 nitrogen and oxygen atoms in total. The molecule has 1 unspecified atom stereocenters. The van der Waals surface area contributed by atoms with Crippen molar-refractivity contribution in [1.82, 2.24) is 30.0 Å². The molecule has 3 N–H and O–H groups in total. The first-order valence-corrected chi connectivity index (χ1v) is 13.7. The van der Waals surface area contributed by atoms with Crippen molar-refractivity contribution in [3.63, 3.8) is 0 Å². The number of hydrogen-bond acceptors (Lipinski definition) is 10. The number of fused-ring (bicyclic) bond motifs is 6. The molecule has 0 saturated carbocycles. The maximum Gasteiger partial charge on any atom is 0.274 e. The summed E-state index contributed by atoms with van der Waals surface area (Å²) in [5.41, 5.74) is 2.11. The standard InChI is InChI=1S/C25H34N8O3S/c1-31-12-14-36-13-7-27-24(35)22-19(16-33(30-22)11-10-32-8-3-2-4-9-32)28-23(34)20-17-37-25(29-20)18-5-6-26-21(31)15-18/h5-6,15-17,23,28,34H,2-4,7-14H2,1H3,(H,27,35). The van der Waals surface area contributed by atoms with Crippen molar-refractivity contribution < 1.29 is 14.6 Å². The molecule has 1 atom stereocenters. The predicted octanol–water partition coefficient (Wildman–Crippen LogP) is 2.19. The van der Waals surface area contributed by atoms with Crippen molar-refractivity contribution in [2.24, 2.45) is 0 Å². The predicted molar refractivity (Wildman–Crippen MR) is 143 cm³/mol. The van der Waals surface area contributed by atoms with Crippen LogP contribution in [0.2, 0.25) is 0 Å². The Morgan fingerprint density at radius 1 is 1.19 bits per heavy atom. The number of nitrogens with zero attached hydrogens (tertiary/aromatic N) is 6. The van der Waals surface area contributed by atoms with Crippen molar-refractivity contribution in [2.45, 2.75) is 32.0 Å². The van der Waals surface area contributed by atoms with Gasteiger partial charge in [-0.3, -0.25) is 9.48 Å². The van der Waals surface area contributed by atoms with Crippen LogP contribution in [0.4, 0.5) is 11.5 Å². The molecule has 4 bridgehead atoms. The summed E-state index contributed by atoms with van der Waals surface area (Å²) in [6.07, 6.45) is 6.18. The van der Waals surface area contributed by atoms with Crippen LogP contribution in [0.15, 0.2) is 29.9 Å². The van der Waals surface area contributed by atoms with Crippen LogP contribution in [0.1, 0.15) is 41.7 Å². The lowest BCUT2D eigenvalue weighted by Crippen LogP contribution is -2.33. The molecule has 1 fully saturated rings. The highest BCUT2D eigenvalue weighted by Gasteiger charge is 2.22. The van der Waals surface area contributed by atoms with Gasteiger partial charge in [0.15, 0.2) is 11.9 Å². The van der Waals surface area contributed by atoms with Gasteiger partial charge in [-0.1, -0.05) is 6.42 Å². The maximum atomic E-state index is 13.0. The first-order chi connectivity index (χ1) is 18.1. The van der Waals surface area contributed by atoms with E-state index in [2.05, 4.69) is 30.6 Å². The van der Waals surface area contributed by atoms with E-state index in [0.717, 1.165) is 36.0 Å². The van der Waals surface area contributed by atoms with E-state index in [9.17, 15) is 9.90 Å². The smallest absolute Gasteiger partial charge is 0.274 e. The van der Waals surface area contributed by atoms with Gasteiger partial charge >= 0.3 is 0 Å². The molecule has 2 aliphatic rings. The maximum absolute atomic E-state index is 13.0. The van der Waals surface area contributed by atoms with E-state index < -0.39 is 6.23 Å². The zero-order valence-corrected chi connectivity index (χ0v) is 21.9. The average molecular weight is 527 g/mol. The summed E-state index contributed by atoms with van der Waals surface area (Å²) < 4.78 is 7.50. The number of ether oxygens (including phenoxy) is 1. The number of likely N-dealkylation sites (N-methyl/N-ethyl adjacent to an activating group) is 1. The highest BCUT2D eigenvalue weighted by Crippen LogP contribution is 2.29. The highest BCUT2D eigenvalue weighted by atomic mass is 32.1. The minimum absolute atomic E-state index is 0.243. The van der Waals surface area contributed by atoms with Crippen molar-refractivity contribution in [1.29, 1.82) is 0 Å². The number of anilines is 2. The molecule has 0 aliphatic carbocycles. The van der Waals surface area contributed by atoms with Crippen LogP contribution in [0.3, 0.4) is 0 Å². The van der Waals surface area contributed by atoms with Crippen LogP contribution in [-0.4, -0.2) is 88.6 Å². The number of amides is 1. The third-order valence-corrected chi connectivity index (χ3v) is 7.56. The fourth-order valence-electron chi connectivity index (χ4n) is 4.50. The minimum atomic E-state index is -1.09. The molecule has 1 saturated heterocycles. The summed E-state index contributed by atoms with van der Waals surface area (Å²) >= 11 is 1.45. The van der Waals surface area contributed by atoms with Gasteiger partial charge in [-0.15, -0.1) is 11.3 Å². The molecular formula is C25H34N8O3S. The Morgan fingerprint density at radius 2 is 2.05 bits per heavy atom. The molecule has 1 amide bonds. The number of rotatable bonds is 3. The number of nitrogens with one attached hydrogen (secondary N) is 2. The zero-order valence-electron chi connectivity index (χ0n) is 21.1. The van der Waals surface area contributed by atoms with Gasteiger partial charge in [0.1, 0.15) is 16.5 Å². The number of carbonyl (C=O) groups is 1. The number of likely N-dealkylation sites (tertiary alicyclic amines) is 1. The Labute approximate surface area is 220 Å². The monoisotopic (exact) mass is 526 g/mol. The summed E-state index contributed by atoms with van der Waals surface area (Å²) in [6.45, 7) is 5.63. The fourth-order valence-corrected chi connectivity index (χ4v) is 5.34. The topological polar surface area (TPSA) is 121 Å². The van der Waals surface area contributed by atoms with Crippen LogP contribution in [0.25, 0.3) is 10.6 Å². The van der Waals surface area contributed by atoms with E-state index in [1.165, 1.54) is 30.6 Å². The lowest BCUT2D eigenvalue weighted by atomic mass is 10.1. The van der Waals surface area contributed by atoms with Gasteiger partial charge in [0.25, 0.3) is 5.91 Å². The van der Waals surface area contributed by atoms with Gasteiger partial charge in [-0.05, 0) is 38.1 Å². The normalized spacial score (nSPS) is 19.9. The van der Waals surface area contributed by atoms with Crippen LogP contribution < -0.4 is 15.5 Å². The van der Waals surface area contributed by atoms with Gasteiger partial charge in [0, 0.05) is 50.0 Å². The zero-order chi connectivity index (χ0) is 25.6. The minimum Gasteiger partial charge on any atom is -0.378 e. The number of hydrogen-bond donors (Lipinski definition) is 3. The lowest BCUT2D eigenvalue weighted by Gasteiger charge is -2.26. The number of aliphatic hydroxyl groups is 1. The third-order valence-electron chi connectivity index (χ3n) is 6.65. The van der Waals surface area contributed by atoms with Crippen molar-refractivity contribution in [3.8, 4) is 10.6 Å². The van der Waals surface area contributed by atoms with Gasteiger partial charge in [0.2, 0.25) is 0 Å². The number of aromatic nitrogens is 4. The van der Waals surface area contributed by atoms with E-state index in [4.69, 9.17) is 4.74 Å². The largest absolute Gasteiger partial charge is 0.378 e. The first kappa shape index (κ1) is 25.6. The van der Waals surface area contributed by atoms with Crippen LogP contribution in [0.5, 0.6) is 0 Å². The molecule has 198 valence electrons. The van der Waals surface area contributed by atoms with E-state index in [1.807, 2.05) is 29.5 Å². The van der Waals surface area contributed by atoms with Crippen molar-refractivity contribution >= 4 is 28.7 Å². The quantitative estimate of drug-likeness (QED) is 0.472. The molecule has 5 heterocycles. The lowest BCUT2D eigenvalue weighted by molar-refractivity contribution is 0.0914. The summed E-state index contributed by atoms with van der Waals surface area (Å²) in [7, 11) is 1.96. The molecule has 0 aromatic carbocycles. The van der Waals surface area contributed by atoms with Crippen molar-refractivity contribution in [3.05, 3.63) is 41.3 Å². The van der Waals surface area contributed by atoms with E-state index in [1.54, 1.807) is 17.1 Å². The Kier molecular flexibility index (Phi) is 8.29. The fraction of sp³-hybridized carbons (Fsp3) is 0.520. The summed E-state index contributed by atoms with van der Waals surface area (Å²) in [5.74, 6) is 0.499. The van der Waals surface area contributed by atoms with Gasteiger partial charge in [-0.25, -0.2) is 9.97 Å². The molecule has 3 aromatic heterocycles. The van der Waals surface area contributed by atoms with Crippen molar-refractivity contribution in [2.75, 3.05) is 63.2 Å². The van der Waals surface area contributed by atoms with E-state index >= 15 is 0 Å². The number of pyridine rings is 1. The molecular weight excluding hydrogens is 492 g/mol. The Balaban J connectivity index is 1.38. The Hall–Kier alpha value is -3.06. The highest BCUT2D eigenvalue weighted by molar-refractivity contribution is 7.13. The Morgan fingerprint density at radius 3 is 2.92 bits per heavy atom. The summed E-state index contributed by atoms with van der Waals surface area (Å²) in [6, 6.07) is 3.89. The van der Waals surface area contributed by atoms with Crippen LogP contribution >= 0.6 is 11.3 Å². The molecule has 0 spiro atoms. The second-order valence-corrected chi connectivity index (χ2v) is 10.2. The van der Waals surface area contributed by atoms with Gasteiger partial charge in [-0.2, -0.15) is 5.10 Å². The first-order valence-electron chi connectivity index (χ1n) is 12.8. The number of piperidine rings is 1. The molecule has 2 aliphatic heterocycles. The molecule has 0 radical (unpaired) electrons. The number of aliphatic hydroxyl groups excluding tert-OH is 1. The summed E-state index contributed by atoms with van der Waals surface area (Å²) in [5, 5.41) is 24.1. The van der Waals surface area contributed by atoms with Crippen LogP contribution in [0, 0.1) is 0 Å². The van der Waals surface area contributed by atoms with E-state index in [-0.39, 0.29) is 11.6 Å². The SMILES string of the molecule is CN1CCOCCNC(=O)c2nn(CCN3CCCCC3)cc2NC(O)c2csc(n2)-c2ccnc1c2. The number of carbonyl (C=O) groups excluding carboxylic acids is 1. The van der Waals surface area contributed by atoms with Gasteiger partial charge < -0.3 is 30.3 Å². The third kappa shape index (κ3) is 6.45. The average Bonchev–Trinajstić information content (AvgIpc) is 3.57. The second-order valence-electron chi connectivity index (χ2n) is 9.37. The van der Waals surface area contributed by atoms with Gasteiger partial charge in [0.05, 0.1) is 25.4 Å².